The van der Waals surface area contributed by atoms with Crippen LogP contribution in [0.1, 0.15) is 47.5 Å². The van der Waals surface area contributed by atoms with Gasteiger partial charge in [-0.1, -0.05) is 27.7 Å². The molecule has 0 rings (SSSR count). The third-order valence-corrected chi connectivity index (χ3v) is 2.43. The predicted molar refractivity (Wildman–Crippen MR) is 67.5 cm³/mol. The Balaban J connectivity index is 4.06. The average Bonchev–Trinajstić information content (AvgIpc) is 2.12. The molecule has 1 amide bonds. The summed E-state index contributed by atoms with van der Waals surface area (Å²) in [6, 6.07) is -0.575. The summed E-state index contributed by atoms with van der Waals surface area (Å²) in [5.41, 5.74) is 0.216. The highest BCUT2D eigenvalue weighted by Gasteiger charge is 2.20. The van der Waals surface area contributed by atoms with Crippen LogP contribution in [-0.4, -0.2) is 25.0 Å². The zero-order valence-corrected chi connectivity index (χ0v) is 11.8. The number of ether oxygens (including phenoxy) is 1. The number of hydrogen-bond acceptors (Lipinski definition) is 3. The van der Waals surface area contributed by atoms with Gasteiger partial charge < -0.3 is 10.1 Å². The van der Waals surface area contributed by atoms with Crippen LogP contribution in [0.15, 0.2) is 0 Å². The van der Waals surface area contributed by atoms with Crippen molar-refractivity contribution in [2.75, 3.05) is 7.11 Å². The molecule has 0 aliphatic heterocycles. The second-order valence-electron chi connectivity index (χ2n) is 5.89. The topological polar surface area (TPSA) is 55.4 Å². The van der Waals surface area contributed by atoms with E-state index in [0.717, 1.165) is 6.42 Å². The second kappa shape index (κ2) is 6.62. The summed E-state index contributed by atoms with van der Waals surface area (Å²) in [5.74, 6) is -0.207. The van der Waals surface area contributed by atoms with Crippen LogP contribution >= 0.6 is 0 Å². The first kappa shape index (κ1) is 15.9. The monoisotopic (exact) mass is 243 g/mol. The molecule has 17 heavy (non-hydrogen) atoms. The number of carbonyl (C=O) groups is 2. The van der Waals surface area contributed by atoms with E-state index in [1.807, 2.05) is 6.92 Å². The zero-order valence-electron chi connectivity index (χ0n) is 11.8. The fourth-order valence-corrected chi connectivity index (χ4v) is 1.97. The van der Waals surface area contributed by atoms with Crippen molar-refractivity contribution in [3.8, 4) is 0 Å². The van der Waals surface area contributed by atoms with Gasteiger partial charge in [0, 0.05) is 6.42 Å². The van der Waals surface area contributed by atoms with Gasteiger partial charge in [-0.05, 0) is 24.7 Å². The number of methoxy groups -OCH3 is 1. The van der Waals surface area contributed by atoms with Crippen LogP contribution in [0.3, 0.4) is 0 Å². The first-order valence-electron chi connectivity index (χ1n) is 6.03. The molecular formula is C13H25NO3. The molecule has 4 nitrogen and oxygen atoms in total. The fraction of sp³-hybridized carbons (Fsp3) is 0.846. The smallest absolute Gasteiger partial charge is 0.328 e. The van der Waals surface area contributed by atoms with Crippen molar-refractivity contribution < 1.29 is 14.3 Å². The standard InChI is InChI=1S/C13H25NO3/c1-9(8-13(3,4)5)7-11(15)14-10(2)12(16)17-6/h9-10H,7-8H2,1-6H3,(H,14,15). The van der Waals surface area contributed by atoms with Gasteiger partial charge in [0.2, 0.25) is 5.91 Å². The molecule has 2 unspecified atom stereocenters. The number of amides is 1. The van der Waals surface area contributed by atoms with Gasteiger partial charge in [0.05, 0.1) is 7.11 Å². The third-order valence-electron chi connectivity index (χ3n) is 2.43. The molecule has 4 heteroatoms. The average molecular weight is 243 g/mol. The van der Waals surface area contributed by atoms with E-state index in [-0.39, 0.29) is 11.3 Å². The van der Waals surface area contributed by atoms with Crippen LogP contribution in [0, 0.1) is 11.3 Å². The molecule has 0 aromatic carbocycles. The molecule has 0 aromatic heterocycles. The predicted octanol–water partition coefficient (Wildman–Crippen LogP) is 2.13. The van der Waals surface area contributed by atoms with Crippen LogP contribution in [0.4, 0.5) is 0 Å². The second-order valence-corrected chi connectivity index (χ2v) is 5.89. The summed E-state index contributed by atoms with van der Waals surface area (Å²) in [6.45, 7) is 10.1. The van der Waals surface area contributed by atoms with Gasteiger partial charge in [-0.25, -0.2) is 4.79 Å². The molecule has 0 heterocycles. The minimum Gasteiger partial charge on any atom is -0.467 e. The summed E-state index contributed by atoms with van der Waals surface area (Å²) < 4.78 is 4.54. The van der Waals surface area contributed by atoms with Gasteiger partial charge in [-0.15, -0.1) is 0 Å². The summed E-state index contributed by atoms with van der Waals surface area (Å²) in [4.78, 5) is 22.8. The highest BCUT2D eigenvalue weighted by atomic mass is 16.5. The van der Waals surface area contributed by atoms with Crippen molar-refractivity contribution in [2.45, 2.75) is 53.5 Å². The minimum atomic E-state index is -0.575. The van der Waals surface area contributed by atoms with Crippen molar-refractivity contribution in [3.05, 3.63) is 0 Å². The molecular weight excluding hydrogens is 218 g/mol. The maximum atomic E-state index is 11.7. The zero-order chi connectivity index (χ0) is 13.6. The lowest BCUT2D eigenvalue weighted by Gasteiger charge is -2.23. The number of hydrogen-bond donors (Lipinski definition) is 1. The Bertz CT molecular complexity index is 268. The lowest BCUT2D eigenvalue weighted by molar-refractivity contribution is -0.144. The maximum Gasteiger partial charge on any atom is 0.328 e. The molecule has 0 bridgehead atoms. The van der Waals surface area contributed by atoms with E-state index < -0.39 is 12.0 Å². The van der Waals surface area contributed by atoms with E-state index >= 15 is 0 Å². The lowest BCUT2D eigenvalue weighted by Crippen LogP contribution is -2.39. The fourth-order valence-electron chi connectivity index (χ4n) is 1.97. The van der Waals surface area contributed by atoms with Gasteiger partial charge in [0.25, 0.3) is 0 Å². The van der Waals surface area contributed by atoms with Gasteiger partial charge in [-0.3, -0.25) is 4.79 Å². The van der Waals surface area contributed by atoms with Crippen LogP contribution in [-0.2, 0) is 14.3 Å². The van der Waals surface area contributed by atoms with Crippen molar-refractivity contribution >= 4 is 11.9 Å². The van der Waals surface area contributed by atoms with Crippen molar-refractivity contribution in [1.82, 2.24) is 5.32 Å². The van der Waals surface area contributed by atoms with Crippen LogP contribution < -0.4 is 5.32 Å². The van der Waals surface area contributed by atoms with Crippen LogP contribution in [0.25, 0.3) is 0 Å². The number of carbonyl (C=O) groups excluding carboxylic acids is 2. The Labute approximate surface area is 104 Å². The van der Waals surface area contributed by atoms with Gasteiger partial charge in [0.1, 0.15) is 6.04 Å². The van der Waals surface area contributed by atoms with Crippen LogP contribution in [0.2, 0.25) is 0 Å². The normalized spacial score (nSPS) is 14.9. The largest absolute Gasteiger partial charge is 0.467 e. The maximum absolute atomic E-state index is 11.7. The molecule has 0 aliphatic rings. The van der Waals surface area contributed by atoms with Crippen LogP contribution in [0.5, 0.6) is 0 Å². The molecule has 2 atom stereocenters. The first-order valence-corrected chi connectivity index (χ1v) is 6.03. The van der Waals surface area contributed by atoms with Gasteiger partial charge >= 0.3 is 5.97 Å². The highest BCUT2D eigenvalue weighted by molar-refractivity contribution is 5.84. The SMILES string of the molecule is COC(=O)C(C)NC(=O)CC(C)CC(C)(C)C. The molecule has 0 aliphatic carbocycles. The van der Waals surface area contributed by atoms with Gasteiger partial charge in [-0.2, -0.15) is 0 Å². The van der Waals surface area contributed by atoms with E-state index in [1.165, 1.54) is 7.11 Å². The van der Waals surface area contributed by atoms with E-state index in [0.29, 0.717) is 12.3 Å². The molecule has 0 saturated carbocycles. The summed E-state index contributed by atoms with van der Waals surface area (Å²) in [6.07, 6.45) is 1.42. The third kappa shape index (κ3) is 7.77. The van der Waals surface area contributed by atoms with E-state index in [2.05, 4.69) is 30.8 Å². The van der Waals surface area contributed by atoms with E-state index in [4.69, 9.17) is 0 Å². The molecule has 1 N–H and O–H groups in total. The Morgan fingerprint density at radius 1 is 1.24 bits per heavy atom. The molecule has 0 aromatic rings. The van der Waals surface area contributed by atoms with E-state index in [1.54, 1.807) is 6.92 Å². The Morgan fingerprint density at radius 3 is 2.18 bits per heavy atom. The Kier molecular flexibility index (Phi) is 6.21. The molecule has 0 radical (unpaired) electrons. The molecule has 0 saturated heterocycles. The first-order chi connectivity index (χ1) is 7.65. The van der Waals surface area contributed by atoms with Crippen molar-refractivity contribution in [2.24, 2.45) is 11.3 Å². The molecule has 100 valence electrons. The lowest BCUT2D eigenvalue weighted by atomic mass is 9.84. The Hall–Kier alpha value is -1.06. The van der Waals surface area contributed by atoms with Crippen molar-refractivity contribution in [3.63, 3.8) is 0 Å². The summed E-state index contributed by atoms with van der Waals surface area (Å²) in [5, 5.41) is 2.63. The summed E-state index contributed by atoms with van der Waals surface area (Å²) in [7, 11) is 1.31. The number of esters is 1. The Morgan fingerprint density at radius 2 is 1.76 bits per heavy atom. The number of nitrogens with one attached hydrogen (secondary N) is 1. The highest BCUT2D eigenvalue weighted by Crippen LogP contribution is 2.25. The molecule has 0 fully saturated rings. The summed E-state index contributed by atoms with van der Waals surface area (Å²) >= 11 is 0. The van der Waals surface area contributed by atoms with Gasteiger partial charge in [0.15, 0.2) is 0 Å². The van der Waals surface area contributed by atoms with Crippen molar-refractivity contribution in [1.29, 1.82) is 0 Å². The number of rotatable bonds is 5. The molecule has 0 spiro atoms. The minimum absolute atomic E-state index is 0.0975. The quantitative estimate of drug-likeness (QED) is 0.753. The van der Waals surface area contributed by atoms with E-state index in [9.17, 15) is 9.59 Å².